The number of carbonyl (C=O) groups excluding carboxylic acids is 4. The smallest absolute Gasteiger partial charge is 0.313 e. The van der Waals surface area contributed by atoms with Gasteiger partial charge in [0.25, 0.3) is 5.91 Å². The number of amides is 3. The molecular weight excluding hydrogens is 650 g/mol. The zero-order chi connectivity index (χ0) is 36.4. The number of aliphatic hydroxyl groups excluding tert-OH is 1. The van der Waals surface area contributed by atoms with Crippen molar-refractivity contribution in [3.05, 3.63) is 89.5 Å². The summed E-state index contributed by atoms with van der Waals surface area (Å²) in [5, 5.41) is 13.8. The lowest BCUT2D eigenvalue weighted by atomic mass is 9.77. The van der Waals surface area contributed by atoms with Gasteiger partial charge in [0.2, 0.25) is 11.8 Å². The number of aliphatic hydroxyl groups is 1. The summed E-state index contributed by atoms with van der Waals surface area (Å²) < 4.78 is 18.7. The molecule has 6 rings (SSSR count). The first kappa shape index (κ1) is 36.5. The van der Waals surface area contributed by atoms with Crippen LogP contribution in [0.1, 0.15) is 55.9 Å². The van der Waals surface area contributed by atoms with Gasteiger partial charge >= 0.3 is 5.97 Å². The highest BCUT2D eigenvalue weighted by atomic mass is 16.6. The summed E-state index contributed by atoms with van der Waals surface area (Å²) in [7, 11) is 1.51. The average Bonchev–Trinajstić information content (AvgIpc) is 3.50. The van der Waals surface area contributed by atoms with Gasteiger partial charge in [0.1, 0.15) is 23.7 Å². The normalized spacial score (nSPS) is 31.3. The van der Waals surface area contributed by atoms with Crippen LogP contribution in [-0.2, 0) is 33.4 Å². The van der Waals surface area contributed by atoms with E-state index in [4.69, 9.17) is 14.2 Å². The van der Waals surface area contributed by atoms with E-state index in [-0.39, 0.29) is 43.9 Å². The number of benzene rings is 2. The lowest BCUT2D eigenvalue weighted by molar-refractivity contribution is -0.163. The molecule has 2 aromatic rings. The number of aryl methyl sites for hydroxylation is 2. The highest BCUT2D eigenvalue weighted by Gasteiger charge is 2.73. The van der Waals surface area contributed by atoms with Gasteiger partial charge < -0.3 is 34.4 Å². The molecule has 3 amide bonds. The lowest BCUT2D eigenvalue weighted by Crippen LogP contribution is -2.59. The van der Waals surface area contributed by atoms with Gasteiger partial charge in [-0.2, -0.15) is 0 Å². The fraction of sp³-hybridized carbons (Fsp3) is 0.500. The van der Waals surface area contributed by atoms with Gasteiger partial charge in [0.05, 0.1) is 37.3 Å². The number of hydrogen-bond acceptors (Lipinski definition) is 8. The molecule has 0 aliphatic carbocycles. The minimum atomic E-state index is -1.54. The molecule has 2 fully saturated rings. The maximum atomic E-state index is 15.1. The minimum absolute atomic E-state index is 0.0691. The van der Waals surface area contributed by atoms with Crippen molar-refractivity contribution in [1.29, 1.82) is 0 Å². The van der Waals surface area contributed by atoms with E-state index in [9.17, 15) is 14.7 Å². The summed E-state index contributed by atoms with van der Waals surface area (Å²) in [6.45, 7) is 7.74. The first-order chi connectivity index (χ1) is 24.6. The first-order valence-corrected chi connectivity index (χ1v) is 17.9. The quantitative estimate of drug-likeness (QED) is 0.313. The Kier molecular flexibility index (Phi) is 10.8. The Bertz CT molecular complexity index is 1670. The fourth-order valence-corrected chi connectivity index (χ4v) is 8.43. The van der Waals surface area contributed by atoms with Crippen LogP contribution in [0.4, 0.5) is 5.69 Å². The Hall–Kier alpha value is -4.32. The molecule has 0 unspecified atom stereocenters. The molecule has 272 valence electrons. The number of para-hydroxylation sites is 1. The molecule has 9 atom stereocenters. The number of hydrogen-bond donors (Lipinski definition) is 2. The van der Waals surface area contributed by atoms with Gasteiger partial charge in [-0.15, -0.1) is 0 Å². The summed E-state index contributed by atoms with van der Waals surface area (Å²) in [5.41, 5.74) is 1.67. The van der Waals surface area contributed by atoms with Gasteiger partial charge in [-0.05, 0) is 42.9 Å². The molecule has 2 N–H and O–H groups in total. The zero-order valence-corrected chi connectivity index (χ0v) is 30.0. The topological polar surface area (TPSA) is 135 Å². The van der Waals surface area contributed by atoms with Gasteiger partial charge in [0.15, 0.2) is 0 Å². The highest BCUT2D eigenvalue weighted by molar-refractivity contribution is 6.06. The Morgan fingerprint density at radius 3 is 2.41 bits per heavy atom. The maximum absolute atomic E-state index is 15.1. The predicted octanol–water partition coefficient (Wildman–Crippen LogP) is 3.96. The van der Waals surface area contributed by atoms with Crippen LogP contribution >= 0.6 is 0 Å². The summed E-state index contributed by atoms with van der Waals surface area (Å²) >= 11 is 0. The van der Waals surface area contributed by atoms with Crippen molar-refractivity contribution in [3.63, 3.8) is 0 Å². The van der Waals surface area contributed by atoms with Crippen LogP contribution in [0.2, 0.25) is 0 Å². The number of anilines is 1. The van der Waals surface area contributed by atoms with Crippen molar-refractivity contribution < 1.29 is 38.5 Å². The van der Waals surface area contributed by atoms with Gasteiger partial charge in [-0.1, -0.05) is 93.1 Å². The Morgan fingerprint density at radius 2 is 1.75 bits per heavy atom. The van der Waals surface area contributed by atoms with Crippen molar-refractivity contribution in [3.8, 4) is 0 Å². The fourth-order valence-electron chi connectivity index (χ4n) is 8.43. The third kappa shape index (κ3) is 6.51. The Morgan fingerprint density at radius 1 is 1.02 bits per heavy atom. The molecule has 0 radical (unpaired) electrons. The molecule has 51 heavy (non-hydrogen) atoms. The molecule has 0 saturated carbocycles. The Balaban J connectivity index is 1.50. The number of esters is 1. The third-order valence-electron chi connectivity index (χ3n) is 11.1. The minimum Gasteiger partial charge on any atom is -0.455 e. The molecule has 2 saturated heterocycles. The number of ether oxygens (including phenoxy) is 3. The van der Waals surface area contributed by atoms with E-state index in [1.54, 1.807) is 23.1 Å². The maximum Gasteiger partial charge on any atom is 0.313 e. The van der Waals surface area contributed by atoms with Crippen molar-refractivity contribution in [2.45, 2.75) is 82.9 Å². The molecule has 0 bridgehead atoms. The Labute approximate surface area is 299 Å². The van der Waals surface area contributed by atoms with Crippen LogP contribution in [0, 0.1) is 31.6 Å². The summed E-state index contributed by atoms with van der Waals surface area (Å²) in [6, 6.07) is 12.4. The molecule has 4 aliphatic heterocycles. The van der Waals surface area contributed by atoms with Crippen LogP contribution in [0.15, 0.2) is 72.8 Å². The average molecular weight is 700 g/mol. The van der Waals surface area contributed by atoms with Crippen molar-refractivity contribution in [1.82, 2.24) is 10.2 Å². The van der Waals surface area contributed by atoms with Crippen LogP contribution in [-0.4, -0.2) is 90.4 Å². The SMILES string of the molecule is CC[C@H](C)[C@H](CO)N1C(=O)[C@@H]2[C@H]3C(=O)O[C@H](c4ccccc4)[C@@H](COC)NC(=O)CC/C=C\[C@H]3O[C@@]23C=CCN(c2c(C)cccc2C)C(=O)[C@@H]13. The van der Waals surface area contributed by atoms with Gasteiger partial charge in [-0.3, -0.25) is 19.2 Å². The van der Waals surface area contributed by atoms with E-state index in [2.05, 4.69) is 5.32 Å². The third-order valence-corrected chi connectivity index (χ3v) is 11.1. The monoisotopic (exact) mass is 699 g/mol. The lowest BCUT2D eigenvalue weighted by Gasteiger charge is -2.40. The second kappa shape index (κ2) is 15.1. The largest absolute Gasteiger partial charge is 0.455 e. The van der Waals surface area contributed by atoms with Crippen LogP contribution in [0.25, 0.3) is 0 Å². The number of cyclic esters (lactones) is 1. The molecule has 11 nitrogen and oxygen atoms in total. The molecule has 0 aromatic heterocycles. The van der Waals surface area contributed by atoms with E-state index in [1.807, 2.05) is 82.3 Å². The van der Waals surface area contributed by atoms with Crippen molar-refractivity contribution in [2.24, 2.45) is 17.8 Å². The van der Waals surface area contributed by atoms with Crippen LogP contribution < -0.4 is 10.2 Å². The second-order valence-electron chi connectivity index (χ2n) is 14.2. The molecule has 4 aliphatic rings. The van der Waals surface area contributed by atoms with E-state index in [1.165, 1.54) is 12.0 Å². The standard InChI is InChI=1S/C40H49N3O8/c1-6-24(2)29(22-44)43-36-38(47)42(34-25(3)14-12-15-26(34)4)21-13-20-40(36)33(37(43)46)32-30(51-40)18-10-11-19-31(45)41-28(23-49-5)35(50-39(32)48)27-16-8-7-9-17-27/h7-10,12-18,20,24,28-30,32-33,35-36,44H,6,11,19,21-23H2,1-5H3,(H,41,45)/b18-10-/t24-,28+,29-,30+,32-,33-,35+,36+,40-/m0/s1. The molecule has 2 aromatic carbocycles. The zero-order valence-electron chi connectivity index (χ0n) is 30.0. The first-order valence-electron chi connectivity index (χ1n) is 17.9. The number of allylic oxidation sites excluding steroid dienone is 1. The van der Waals surface area contributed by atoms with E-state index in [0.29, 0.717) is 18.4 Å². The van der Waals surface area contributed by atoms with E-state index >= 15 is 9.59 Å². The summed E-state index contributed by atoms with van der Waals surface area (Å²) in [6.07, 6.45) is 6.43. The number of nitrogens with zero attached hydrogens (tertiary/aromatic N) is 2. The highest BCUT2D eigenvalue weighted by Crippen LogP contribution is 2.54. The van der Waals surface area contributed by atoms with Gasteiger partial charge in [0, 0.05) is 25.8 Å². The van der Waals surface area contributed by atoms with Crippen LogP contribution in [0.3, 0.4) is 0 Å². The number of rotatable bonds is 8. The number of nitrogens with one attached hydrogen (secondary N) is 1. The molecule has 4 heterocycles. The number of methoxy groups -OCH3 is 1. The van der Waals surface area contributed by atoms with Crippen molar-refractivity contribution in [2.75, 3.05) is 31.8 Å². The summed E-state index contributed by atoms with van der Waals surface area (Å²) in [4.78, 5) is 61.1. The molecule has 11 heteroatoms. The molecule has 1 spiro atoms. The number of fused-ring (bicyclic) bond motifs is 2. The van der Waals surface area contributed by atoms with E-state index < -0.39 is 59.6 Å². The molecular formula is C40H49N3O8. The van der Waals surface area contributed by atoms with Gasteiger partial charge in [-0.25, -0.2) is 0 Å². The van der Waals surface area contributed by atoms with E-state index in [0.717, 1.165) is 16.8 Å². The number of carbonyl (C=O) groups is 4. The van der Waals surface area contributed by atoms with Crippen LogP contribution in [0.5, 0.6) is 0 Å². The second-order valence-corrected chi connectivity index (χ2v) is 14.2. The number of likely N-dealkylation sites (tertiary alicyclic amines) is 1. The van der Waals surface area contributed by atoms with Crippen molar-refractivity contribution >= 4 is 29.4 Å². The predicted molar refractivity (Wildman–Crippen MR) is 190 cm³/mol. The summed E-state index contributed by atoms with van der Waals surface area (Å²) in [5.74, 6) is -4.13.